The van der Waals surface area contributed by atoms with Crippen molar-refractivity contribution in [2.24, 2.45) is 23.7 Å². The number of carbonyl (C=O) groups excluding carboxylic acids is 3. The highest BCUT2D eigenvalue weighted by Crippen LogP contribution is 2.52. The molecular weight excluding hydrogens is 368 g/mol. The fourth-order valence-electron chi connectivity index (χ4n) is 5.27. The second kappa shape index (κ2) is 5.80. The van der Waals surface area contributed by atoms with Gasteiger partial charge >= 0.3 is 0 Å². The van der Waals surface area contributed by atoms with Crippen molar-refractivity contribution in [1.82, 2.24) is 4.90 Å². The second-order valence-electron chi connectivity index (χ2n) is 8.12. The molecule has 1 saturated carbocycles. The van der Waals surface area contributed by atoms with Gasteiger partial charge in [-0.1, -0.05) is 30.4 Å². The van der Waals surface area contributed by atoms with Crippen LogP contribution in [0.3, 0.4) is 0 Å². The molecule has 2 bridgehead atoms. The van der Waals surface area contributed by atoms with Crippen LogP contribution in [-0.2, 0) is 14.4 Å². The maximum Gasteiger partial charge on any atom is 0.244 e. The van der Waals surface area contributed by atoms with Crippen molar-refractivity contribution in [3.05, 3.63) is 54.6 Å². The highest BCUT2D eigenvalue weighted by Gasteiger charge is 2.59. The van der Waals surface area contributed by atoms with Crippen LogP contribution in [0.1, 0.15) is 6.42 Å². The number of benzene rings is 2. The molecule has 1 aliphatic heterocycles. The van der Waals surface area contributed by atoms with E-state index in [1.807, 2.05) is 42.5 Å². The number of nitrogens with one attached hydrogen (secondary N) is 1. The summed E-state index contributed by atoms with van der Waals surface area (Å²) in [6.45, 7) is -0.248. The van der Waals surface area contributed by atoms with E-state index in [0.717, 1.165) is 27.7 Å². The molecule has 2 fully saturated rings. The van der Waals surface area contributed by atoms with Crippen molar-refractivity contribution in [3.63, 3.8) is 0 Å². The van der Waals surface area contributed by atoms with Gasteiger partial charge in [-0.2, -0.15) is 0 Å². The topological polar surface area (TPSA) is 79.6 Å². The Morgan fingerprint density at radius 2 is 1.66 bits per heavy atom. The van der Waals surface area contributed by atoms with Crippen LogP contribution in [0, 0.1) is 23.7 Å². The fraction of sp³-hybridized carbons (Fsp3) is 0.261. The van der Waals surface area contributed by atoms with E-state index >= 15 is 0 Å². The minimum Gasteiger partial charge on any atom is -0.456 e. The van der Waals surface area contributed by atoms with Gasteiger partial charge in [0.05, 0.1) is 11.8 Å². The van der Waals surface area contributed by atoms with Crippen molar-refractivity contribution < 1.29 is 18.8 Å². The number of carbonyl (C=O) groups is 3. The van der Waals surface area contributed by atoms with Gasteiger partial charge in [0.25, 0.3) is 0 Å². The zero-order valence-electron chi connectivity index (χ0n) is 15.5. The summed E-state index contributed by atoms with van der Waals surface area (Å²) in [5.41, 5.74) is 2.03. The molecule has 4 atom stereocenters. The van der Waals surface area contributed by atoms with Gasteiger partial charge in [-0.25, -0.2) is 0 Å². The van der Waals surface area contributed by atoms with E-state index in [2.05, 4.69) is 5.32 Å². The van der Waals surface area contributed by atoms with Crippen LogP contribution in [-0.4, -0.2) is 29.2 Å². The predicted molar refractivity (Wildman–Crippen MR) is 107 cm³/mol. The lowest BCUT2D eigenvalue weighted by molar-refractivity contribution is -0.143. The van der Waals surface area contributed by atoms with Gasteiger partial charge in [0.2, 0.25) is 17.7 Å². The van der Waals surface area contributed by atoms with E-state index in [4.69, 9.17) is 4.42 Å². The van der Waals surface area contributed by atoms with Crippen molar-refractivity contribution in [2.45, 2.75) is 6.42 Å². The molecule has 0 spiro atoms. The largest absolute Gasteiger partial charge is 0.456 e. The molecule has 2 heterocycles. The molecule has 1 aromatic heterocycles. The molecule has 6 rings (SSSR count). The number of fused-ring (bicyclic) bond motifs is 8. The SMILES string of the molecule is O=C(CN1C(=O)[C@@H]2[C@@H](C1=O)[C@@H]1C=C[C@@H]2C1)Nc1ccc2c(c1)oc1ccccc12. The van der Waals surface area contributed by atoms with Gasteiger partial charge in [-0.3, -0.25) is 19.3 Å². The first-order valence-corrected chi connectivity index (χ1v) is 9.85. The zero-order valence-corrected chi connectivity index (χ0v) is 15.5. The number of likely N-dealkylation sites (tertiary alicyclic amines) is 1. The van der Waals surface area contributed by atoms with E-state index in [9.17, 15) is 14.4 Å². The zero-order chi connectivity index (χ0) is 19.7. The Hall–Kier alpha value is -3.41. The van der Waals surface area contributed by atoms with Crippen LogP contribution < -0.4 is 5.32 Å². The number of furan rings is 1. The van der Waals surface area contributed by atoms with Gasteiger partial charge in [0.1, 0.15) is 17.7 Å². The van der Waals surface area contributed by atoms with Crippen LogP contribution in [0.2, 0.25) is 0 Å². The molecule has 0 unspecified atom stereocenters. The van der Waals surface area contributed by atoms with Crippen molar-refractivity contribution in [2.75, 3.05) is 11.9 Å². The lowest BCUT2D eigenvalue weighted by Crippen LogP contribution is -2.39. The van der Waals surface area contributed by atoms with Gasteiger partial charge in [-0.05, 0) is 36.5 Å². The second-order valence-corrected chi connectivity index (χ2v) is 8.12. The number of hydrogen-bond donors (Lipinski definition) is 1. The minimum absolute atomic E-state index is 0.144. The normalized spacial score (nSPS) is 27.4. The Labute approximate surface area is 166 Å². The van der Waals surface area contributed by atoms with Crippen molar-refractivity contribution in [1.29, 1.82) is 0 Å². The minimum atomic E-state index is -0.387. The lowest BCUT2D eigenvalue weighted by Gasteiger charge is -2.16. The van der Waals surface area contributed by atoms with E-state index in [-0.39, 0.29) is 47.9 Å². The highest BCUT2D eigenvalue weighted by atomic mass is 16.3. The van der Waals surface area contributed by atoms with Crippen LogP contribution in [0.25, 0.3) is 21.9 Å². The number of nitrogens with zero attached hydrogens (tertiary/aromatic N) is 1. The Balaban J connectivity index is 1.21. The molecule has 1 saturated heterocycles. The number of rotatable bonds is 3. The van der Waals surface area contributed by atoms with Crippen LogP contribution >= 0.6 is 0 Å². The number of para-hydroxylation sites is 1. The average Bonchev–Trinajstić information content (AvgIpc) is 3.46. The van der Waals surface area contributed by atoms with Gasteiger partial charge in [0.15, 0.2) is 0 Å². The molecule has 29 heavy (non-hydrogen) atoms. The first kappa shape index (κ1) is 16.5. The summed E-state index contributed by atoms with van der Waals surface area (Å²) in [4.78, 5) is 39.1. The molecule has 3 amide bonds. The molecule has 144 valence electrons. The van der Waals surface area contributed by atoms with E-state index in [1.165, 1.54) is 0 Å². The molecule has 1 N–H and O–H groups in total. The predicted octanol–water partition coefficient (Wildman–Crippen LogP) is 3.33. The summed E-state index contributed by atoms with van der Waals surface area (Å²) >= 11 is 0. The monoisotopic (exact) mass is 386 g/mol. The third-order valence-electron chi connectivity index (χ3n) is 6.53. The quantitative estimate of drug-likeness (QED) is 0.553. The van der Waals surface area contributed by atoms with E-state index in [0.29, 0.717) is 11.3 Å². The summed E-state index contributed by atoms with van der Waals surface area (Å²) < 4.78 is 5.85. The standard InChI is InChI=1S/C23H18N2O4/c26-19(11-25-22(27)20-12-5-6-13(9-12)21(20)23(25)28)24-14-7-8-16-15-3-1-2-4-17(15)29-18(16)10-14/h1-8,10,12-13,20-21H,9,11H2,(H,24,26)/t12-,13-,20+,21+/m1/s1. The molecule has 0 radical (unpaired) electrons. The van der Waals surface area contributed by atoms with Crippen LogP contribution in [0.5, 0.6) is 0 Å². The number of amides is 3. The first-order chi connectivity index (χ1) is 14.1. The van der Waals surface area contributed by atoms with Gasteiger partial charge in [-0.15, -0.1) is 0 Å². The maximum atomic E-state index is 12.7. The number of anilines is 1. The Morgan fingerprint density at radius 3 is 2.41 bits per heavy atom. The molecule has 6 heteroatoms. The summed E-state index contributed by atoms with van der Waals surface area (Å²) in [5, 5.41) is 4.78. The Bertz CT molecular complexity index is 1210. The molecule has 3 aliphatic rings. The highest BCUT2D eigenvalue weighted by molar-refractivity contribution is 6.10. The molecular formula is C23H18N2O4. The van der Waals surface area contributed by atoms with Crippen molar-refractivity contribution >= 4 is 45.3 Å². The fourth-order valence-corrected chi connectivity index (χ4v) is 5.27. The van der Waals surface area contributed by atoms with Crippen LogP contribution in [0.4, 0.5) is 5.69 Å². The molecule has 6 nitrogen and oxygen atoms in total. The number of hydrogen-bond acceptors (Lipinski definition) is 4. The molecule has 2 aliphatic carbocycles. The smallest absolute Gasteiger partial charge is 0.244 e. The van der Waals surface area contributed by atoms with Gasteiger partial charge in [0, 0.05) is 22.5 Å². The Kier molecular flexibility index (Phi) is 3.30. The molecule has 3 aromatic rings. The number of allylic oxidation sites excluding steroid dienone is 2. The average molecular weight is 386 g/mol. The third-order valence-corrected chi connectivity index (χ3v) is 6.53. The first-order valence-electron chi connectivity index (χ1n) is 9.85. The summed E-state index contributed by atoms with van der Waals surface area (Å²) in [5.74, 6) is -1.08. The summed E-state index contributed by atoms with van der Waals surface area (Å²) in [7, 11) is 0. The lowest BCUT2D eigenvalue weighted by atomic mass is 9.85. The van der Waals surface area contributed by atoms with Crippen LogP contribution in [0.15, 0.2) is 59.0 Å². The summed E-state index contributed by atoms with van der Waals surface area (Å²) in [6, 6.07) is 13.2. The van der Waals surface area contributed by atoms with E-state index in [1.54, 1.807) is 12.1 Å². The summed E-state index contributed by atoms with van der Waals surface area (Å²) in [6.07, 6.45) is 4.97. The van der Waals surface area contributed by atoms with Gasteiger partial charge < -0.3 is 9.73 Å². The number of imide groups is 1. The Morgan fingerprint density at radius 1 is 0.966 bits per heavy atom. The van der Waals surface area contributed by atoms with Crippen molar-refractivity contribution in [3.8, 4) is 0 Å². The molecule has 2 aromatic carbocycles. The third kappa shape index (κ3) is 2.32. The van der Waals surface area contributed by atoms with E-state index < -0.39 is 0 Å². The maximum absolute atomic E-state index is 12.7.